The molecule has 1 fully saturated rings. The van der Waals surface area contributed by atoms with Crippen molar-refractivity contribution in [3.8, 4) is 0 Å². The molecular formula is C17H24O11. The molecule has 5 N–H and O–H groups in total. The van der Waals surface area contributed by atoms with Crippen LogP contribution in [0, 0.1) is 11.8 Å². The van der Waals surface area contributed by atoms with E-state index in [4.69, 9.17) is 14.2 Å². The maximum absolute atomic E-state index is 11.9. The first kappa shape index (κ1) is 22.3. The molecule has 0 aromatic heterocycles. The van der Waals surface area contributed by atoms with E-state index in [1.54, 1.807) is 0 Å². The van der Waals surface area contributed by atoms with Gasteiger partial charge in [-0.2, -0.15) is 0 Å². The SMILES string of the molecule is C=C[C@@H]1[C@@H](O[C@H]2O[C@@H](CO)[C@H](O)[C@@H](O)[C@@H]2O)OC=C(C(=O)OC)[C@@H]1CC(=O)O. The number of carbonyl (C=O) groups excluding carboxylic acids is 1. The van der Waals surface area contributed by atoms with Gasteiger partial charge in [0.05, 0.1) is 32.0 Å². The number of esters is 1. The third-order valence-electron chi connectivity index (χ3n) is 4.71. The fourth-order valence-electron chi connectivity index (χ4n) is 3.18. The fourth-order valence-corrected chi connectivity index (χ4v) is 3.18. The minimum atomic E-state index is -1.67. The normalized spacial score (nSPS) is 38.1. The number of carboxylic acids is 1. The molecule has 0 radical (unpaired) electrons. The quantitative estimate of drug-likeness (QED) is 0.237. The van der Waals surface area contributed by atoms with Crippen molar-refractivity contribution in [1.29, 1.82) is 0 Å². The number of ether oxygens (including phenoxy) is 4. The van der Waals surface area contributed by atoms with E-state index < -0.39 is 73.8 Å². The molecule has 2 aliphatic heterocycles. The fraction of sp³-hybridized carbons (Fsp3) is 0.647. The lowest BCUT2D eigenvalue weighted by atomic mass is 9.81. The second kappa shape index (κ2) is 9.45. The number of hydrogen-bond acceptors (Lipinski definition) is 10. The smallest absolute Gasteiger partial charge is 0.337 e. The van der Waals surface area contributed by atoms with Crippen LogP contribution in [0.15, 0.2) is 24.5 Å². The number of aliphatic hydroxyl groups is 4. The number of rotatable bonds is 7. The maximum Gasteiger partial charge on any atom is 0.337 e. The van der Waals surface area contributed by atoms with Crippen LogP contribution in [0.4, 0.5) is 0 Å². The molecule has 0 bridgehead atoms. The zero-order valence-electron chi connectivity index (χ0n) is 15.1. The first-order valence-corrected chi connectivity index (χ1v) is 8.49. The Morgan fingerprint density at radius 3 is 2.43 bits per heavy atom. The second-order valence-electron chi connectivity index (χ2n) is 6.42. The molecular weight excluding hydrogens is 380 g/mol. The largest absolute Gasteiger partial charge is 0.481 e. The third kappa shape index (κ3) is 4.51. The van der Waals surface area contributed by atoms with E-state index in [0.717, 1.165) is 13.4 Å². The van der Waals surface area contributed by atoms with Gasteiger partial charge in [-0.05, 0) is 0 Å². The van der Waals surface area contributed by atoms with Gasteiger partial charge in [-0.3, -0.25) is 4.79 Å². The van der Waals surface area contributed by atoms with Crippen molar-refractivity contribution < 1.29 is 54.1 Å². The Balaban J connectivity index is 2.24. The van der Waals surface area contributed by atoms with Gasteiger partial charge in [0, 0.05) is 11.8 Å². The summed E-state index contributed by atoms with van der Waals surface area (Å²) in [4.78, 5) is 23.2. The summed E-state index contributed by atoms with van der Waals surface area (Å²) >= 11 is 0. The van der Waals surface area contributed by atoms with Crippen LogP contribution in [0.1, 0.15) is 6.42 Å². The Morgan fingerprint density at radius 1 is 1.21 bits per heavy atom. The van der Waals surface area contributed by atoms with Crippen molar-refractivity contribution in [1.82, 2.24) is 0 Å². The van der Waals surface area contributed by atoms with Gasteiger partial charge in [-0.25, -0.2) is 4.79 Å². The predicted molar refractivity (Wildman–Crippen MR) is 89.3 cm³/mol. The molecule has 0 aromatic carbocycles. The molecule has 8 atom stereocenters. The highest BCUT2D eigenvalue weighted by Crippen LogP contribution is 2.36. The number of aliphatic hydroxyl groups excluding tert-OH is 4. The molecule has 0 unspecified atom stereocenters. The van der Waals surface area contributed by atoms with Crippen molar-refractivity contribution >= 4 is 11.9 Å². The van der Waals surface area contributed by atoms with Gasteiger partial charge in [-0.15, -0.1) is 6.58 Å². The van der Waals surface area contributed by atoms with Crippen molar-refractivity contribution in [3.63, 3.8) is 0 Å². The van der Waals surface area contributed by atoms with Gasteiger partial charge in [-0.1, -0.05) is 6.08 Å². The lowest BCUT2D eigenvalue weighted by Crippen LogP contribution is -2.60. The topological polar surface area (TPSA) is 172 Å². The van der Waals surface area contributed by atoms with Crippen LogP contribution in [0.25, 0.3) is 0 Å². The summed E-state index contributed by atoms with van der Waals surface area (Å²) < 4.78 is 20.8. The van der Waals surface area contributed by atoms with E-state index in [9.17, 15) is 35.1 Å². The van der Waals surface area contributed by atoms with Crippen molar-refractivity contribution in [2.24, 2.45) is 11.8 Å². The summed E-state index contributed by atoms with van der Waals surface area (Å²) in [5.41, 5.74) is -0.0246. The molecule has 2 rings (SSSR count). The molecule has 0 amide bonds. The predicted octanol–water partition coefficient (Wildman–Crippen LogP) is -1.89. The van der Waals surface area contributed by atoms with Crippen LogP contribution in [0.2, 0.25) is 0 Å². The number of carboxylic acid groups (broad SMARTS) is 1. The van der Waals surface area contributed by atoms with E-state index in [2.05, 4.69) is 11.3 Å². The highest BCUT2D eigenvalue weighted by atomic mass is 16.8. The minimum Gasteiger partial charge on any atom is -0.481 e. The van der Waals surface area contributed by atoms with Crippen LogP contribution in [0.5, 0.6) is 0 Å². The zero-order valence-corrected chi connectivity index (χ0v) is 15.1. The van der Waals surface area contributed by atoms with Crippen molar-refractivity contribution in [3.05, 3.63) is 24.5 Å². The average molecular weight is 404 g/mol. The van der Waals surface area contributed by atoms with E-state index in [-0.39, 0.29) is 5.57 Å². The minimum absolute atomic E-state index is 0.0246. The molecule has 0 aliphatic carbocycles. The Hall–Kier alpha value is -2.02. The zero-order chi connectivity index (χ0) is 21.0. The van der Waals surface area contributed by atoms with Crippen LogP contribution in [-0.4, -0.2) is 88.2 Å². The van der Waals surface area contributed by atoms with Gasteiger partial charge in [0.1, 0.15) is 24.4 Å². The Labute approximate surface area is 160 Å². The van der Waals surface area contributed by atoms with E-state index in [0.29, 0.717) is 0 Å². The first-order chi connectivity index (χ1) is 13.2. The van der Waals surface area contributed by atoms with E-state index in [1.807, 2.05) is 0 Å². The first-order valence-electron chi connectivity index (χ1n) is 8.49. The number of aliphatic carboxylic acids is 1. The number of hydrogen-bond donors (Lipinski definition) is 5. The standard InChI is InChI=1S/C17H24O11/c1-3-7-8(4-11(19)20)9(15(24)25-2)6-26-16(7)28-17-14(23)13(22)12(21)10(5-18)27-17/h3,6-8,10,12-14,16-18,21-23H,1,4-5H2,2H3,(H,19,20)/t7-,8+,10-,12-,13+,14-,16+,17+/m0/s1. The highest BCUT2D eigenvalue weighted by molar-refractivity contribution is 5.89. The summed E-state index contributed by atoms with van der Waals surface area (Å²) in [6.07, 6.45) is -6.91. The van der Waals surface area contributed by atoms with Crippen molar-refractivity contribution in [2.45, 2.75) is 43.4 Å². The molecule has 0 saturated carbocycles. The number of methoxy groups -OCH3 is 1. The van der Waals surface area contributed by atoms with Crippen LogP contribution in [-0.2, 0) is 28.5 Å². The van der Waals surface area contributed by atoms with Crippen LogP contribution >= 0.6 is 0 Å². The summed E-state index contributed by atoms with van der Waals surface area (Å²) in [6, 6.07) is 0. The maximum atomic E-state index is 11.9. The number of carbonyl (C=O) groups is 2. The Bertz CT molecular complexity index is 616. The monoisotopic (exact) mass is 404 g/mol. The van der Waals surface area contributed by atoms with Gasteiger partial charge in [0.2, 0.25) is 6.29 Å². The van der Waals surface area contributed by atoms with Gasteiger partial charge in [0.25, 0.3) is 0 Å². The van der Waals surface area contributed by atoms with E-state index >= 15 is 0 Å². The van der Waals surface area contributed by atoms with Crippen molar-refractivity contribution in [2.75, 3.05) is 13.7 Å². The van der Waals surface area contributed by atoms with E-state index in [1.165, 1.54) is 6.08 Å². The third-order valence-corrected chi connectivity index (χ3v) is 4.71. The van der Waals surface area contributed by atoms with Gasteiger partial charge in [0.15, 0.2) is 6.29 Å². The summed E-state index contributed by atoms with van der Waals surface area (Å²) in [6.45, 7) is 2.97. The lowest BCUT2D eigenvalue weighted by molar-refractivity contribution is -0.339. The summed E-state index contributed by atoms with van der Waals surface area (Å²) in [7, 11) is 1.14. The molecule has 158 valence electrons. The Morgan fingerprint density at radius 2 is 1.89 bits per heavy atom. The van der Waals surface area contributed by atoms with Gasteiger partial charge >= 0.3 is 11.9 Å². The molecule has 11 nitrogen and oxygen atoms in total. The van der Waals surface area contributed by atoms with Gasteiger partial charge < -0.3 is 44.5 Å². The molecule has 2 aliphatic rings. The molecule has 1 saturated heterocycles. The highest BCUT2D eigenvalue weighted by Gasteiger charge is 2.47. The average Bonchev–Trinajstić information content (AvgIpc) is 2.67. The summed E-state index contributed by atoms with van der Waals surface area (Å²) in [5.74, 6) is -3.70. The Kier molecular flexibility index (Phi) is 7.52. The van der Waals surface area contributed by atoms with Crippen LogP contribution < -0.4 is 0 Å². The molecule has 11 heteroatoms. The molecule has 28 heavy (non-hydrogen) atoms. The molecule has 2 heterocycles. The molecule has 0 spiro atoms. The second-order valence-corrected chi connectivity index (χ2v) is 6.42. The molecule has 0 aromatic rings. The van der Waals surface area contributed by atoms with Crippen LogP contribution in [0.3, 0.4) is 0 Å². The lowest BCUT2D eigenvalue weighted by Gasteiger charge is -2.42. The summed E-state index contributed by atoms with van der Waals surface area (Å²) in [5, 5.41) is 48.2.